The van der Waals surface area contributed by atoms with E-state index < -0.39 is 6.61 Å². The Morgan fingerprint density at radius 3 is 2.90 bits per heavy atom. The third kappa shape index (κ3) is 4.10. The van der Waals surface area contributed by atoms with Gasteiger partial charge in [0.2, 0.25) is 0 Å². The first kappa shape index (κ1) is 15.6. The summed E-state index contributed by atoms with van der Waals surface area (Å²) >= 11 is 4.98. The summed E-state index contributed by atoms with van der Waals surface area (Å²) in [6.07, 6.45) is 1.69. The normalized spacial score (nSPS) is 18.6. The number of piperidine rings is 1. The zero-order chi connectivity index (χ0) is 15.4. The third-order valence-electron chi connectivity index (χ3n) is 3.42. The highest BCUT2D eigenvalue weighted by Crippen LogP contribution is 2.21. The number of rotatable bonds is 4. The molecule has 1 fully saturated rings. The second-order valence-electron chi connectivity index (χ2n) is 4.90. The first-order valence-corrected chi connectivity index (χ1v) is 7.01. The summed E-state index contributed by atoms with van der Waals surface area (Å²) in [4.78, 5) is 14.5. The van der Waals surface area contributed by atoms with Crippen LogP contribution in [0.1, 0.15) is 23.2 Å². The lowest BCUT2D eigenvalue weighted by Crippen LogP contribution is -2.43. The van der Waals surface area contributed by atoms with Crippen LogP contribution in [0.25, 0.3) is 0 Å². The molecule has 0 saturated carbocycles. The van der Waals surface area contributed by atoms with Crippen LogP contribution >= 0.6 is 12.2 Å². The lowest BCUT2D eigenvalue weighted by Gasteiger charge is -2.32. The molecular formula is C14H16F2N2O2S. The van der Waals surface area contributed by atoms with Gasteiger partial charge in [0.1, 0.15) is 5.75 Å². The first-order valence-electron chi connectivity index (χ1n) is 6.61. The number of amides is 1. The van der Waals surface area contributed by atoms with Crippen molar-refractivity contribution in [1.82, 2.24) is 4.90 Å². The lowest BCUT2D eigenvalue weighted by atomic mass is 9.97. The molecule has 2 N–H and O–H groups in total. The molecule has 1 atom stereocenters. The van der Waals surface area contributed by atoms with Gasteiger partial charge < -0.3 is 15.4 Å². The van der Waals surface area contributed by atoms with Crippen LogP contribution in [0.3, 0.4) is 0 Å². The Morgan fingerprint density at radius 1 is 1.48 bits per heavy atom. The quantitative estimate of drug-likeness (QED) is 0.867. The van der Waals surface area contributed by atoms with Crippen molar-refractivity contribution >= 4 is 23.1 Å². The van der Waals surface area contributed by atoms with E-state index in [-0.39, 0.29) is 17.6 Å². The molecule has 21 heavy (non-hydrogen) atoms. The van der Waals surface area contributed by atoms with Crippen LogP contribution in [0.5, 0.6) is 5.75 Å². The maximum atomic E-state index is 12.4. The van der Waals surface area contributed by atoms with E-state index in [2.05, 4.69) is 4.74 Å². The summed E-state index contributed by atoms with van der Waals surface area (Å²) in [7, 11) is 0. The van der Waals surface area contributed by atoms with E-state index in [1.807, 2.05) is 0 Å². The molecule has 1 saturated heterocycles. The van der Waals surface area contributed by atoms with Gasteiger partial charge in [-0.1, -0.05) is 18.3 Å². The monoisotopic (exact) mass is 314 g/mol. The van der Waals surface area contributed by atoms with Gasteiger partial charge in [0.15, 0.2) is 0 Å². The van der Waals surface area contributed by atoms with Crippen molar-refractivity contribution in [2.45, 2.75) is 19.5 Å². The number of carbonyl (C=O) groups excluding carboxylic acids is 1. The maximum absolute atomic E-state index is 12.4. The van der Waals surface area contributed by atoms with Gasteiger partial charge in [-0.15, -0.1) is 0 Å². The van der Waals surface area contributed by atoms with Crippen LogP contribution in [-0.4, -0.2) is 35.5 Å². The number of alkyl halides is 2. The summed E-state index contributed by atoms with van der Waals surface area (Å²) in [5.74, 6) is -0.243. The molecule has 1 aromatic rings. The molecule has 114 valence electrons. The molecule has 1 aliphatic rings. The van der Waals surface area contributed by atoms with E-state index in [1.54, 1.807) is 11.0 Å². The summed E-state index contributed by atoms with van der Waals surface area (Å²) in [6.45, 7) is -1.84. The maximum Gasteiger partial charge on any atom is 0.387 e. The summed E-state index contributed by atoms with van der Waals surface area (Å²) in [5, 5.41) is 0. The number of hydrogen-bond acceptors (Lipinski definition) is 3. The molecule has 1 amide bonds. The number of nitrogens with zero attached hydrogens (tertiary/aromatic N) is 1. The highest BCUT2D eigenvalue weighted by molar-refractivity contribution is 7.80. The Kier molecular flexibility index (Phi) is 5.06. The number of hydrogen-bond donors (Lipinski definition) is 1. The number of thiocarbonyl (C=S) groups is 1. The molecule has 7 heteroatoms. The fourth-order valence-electron chi connectivity index (χ4n) is 2.38. The van der Waals surface area contributed by atoms with Crippen LogP contribution in [0.15, 0.2) is 24.3 Å². The third-order valence-corrected chi connectivity index (χ3v) is 3.75. The number of likely N-dealkylation sites (tertiary alicyclic amines) is 1. The Labute approximate surface area is 126 Å². The van der Waals surface area contributed by atoms with Crippen molar-refractivity contribution in [1.29, 1.82) is 0 Å². The van der Waals surface area contributed by atoms with Gasteiger partial charge in [-0.2, -0.15) is 8.78 Å². The molecule has 0 aliphatic carbocycles. The zero-order valence-electron chi connectivity index (χ0n) is 11.3. The van der Waals surface area contributed by atoms with Crippen LogP contribution in [-0.2, 0) is 0 Å². The van der Waals surface area contributed by atoms with E-state index in [0.29, 0.717) is 23.6 Å². The molecule has 1 heterocycles. The van der Waals surface area contributed by atoms with Gasteiger partial charge in [-0.25, -0.2) is 0 Å². The zero-order valence-corrected chi connectivity index (χ0v) is 12.1. The molecule has 1 aliphatic heterocycles. The second kappa shape index (κ2) is 6.80. The van der Waals surface area contributed by atoms with Crippen LogP contribution in [0.4, 0.5) is 8.78 Å². The number of nitrogens with two attached hydrogens (primary N) is 1. The number of carbonyl (C=O) groups is 1. The Bertz CT molecular complexity index is 539. The van der Waals surface area contributed by atoms with E-state index >= 15 is 0 Å². The van der Waals surface area contributed by atoms with Crippen molar-refractivity contribution in [3.8, 4) is 5.75 Å². The Morgan fingerprint density at radius 2 is 2.24 bits per heavy atom. The van der Waals surface area contributed by atoms with Crippen LogP contribution < -0.4 is 10.5 Å². The van der Waals surface area contributed by atoms with Crippen molar-refractivity contribution in [2.75, 3.05) is 13.1 Å². The van der Waals surface area contributed by atoms with Gasteiger partial charge in [-0.05, 0) is 31.0 Å². The van der Waals surface area contributed by atoms with E-state index in [9.17, 15) is 13.6 Å². The largest absolute Gasteiger partial charge is 0.435 e. The average molecular weight is 314 g/mol. The van der Waals surface area contributed by atoms with Crippen molar-refractivity contribution in [2.24, 2.45) is 11.7 Å². The SMILES string of the molecule is NC(=S)C1CCCN(C(=O)c2cccc(OC(F)F)c2)C1. The average Bonchev–Trinajstić information content (AvgIpc) is 2.46. The molecule has 1 aromatic carbocycles. The minimum absolute atomic E-state index is 0.0122. The standard InChI is InChI=1S/C14H16F2N2O2S/c15-14(16)20-11-5-1-3-9(7-11)13(19)18-6-2-4-10(8-18)12(17)21/h1,3,5,7,10,14H,2,4,6,8H2,(H2,17,21). The highest BCUT2D eigenvalue weighted by atomic mass is 32.1. The van der Waals surface area contributed by atoms with E-state index in [4.69, 9.17) is 18.0 Å². The minimum atomic E-state index is -2.91. The molecule has 0 radical (unpaired) electrons. The molecule has 4 nitrogen and oxygen atoms in total. The Hall–Kier alpha value is -1.76. The van der Waals surface area contributed by atoms with E-state index in [1.165, 1.54) is 18.2 Å². The molecule has 0 aromatic heterocycles. The number of halogens is 2. The lowest BCUT2D eigenvalue weighted by molar-refractivity contribution is -0.0499. The molecule has 0 spiro atoms. The molecular weight excluding hydrogens is 298 g/mol. The fourth-order valence-corrected chi connectivity index (χ4v) is 2.57. The van der Waals surface area contributed by atoms with Gasteiger partial charge in [0.25, 0.3) is 5.91 Å². The predicted octanol–water partition coefficient (Wildman–Crippen LogP) is 2.43. The van der Waals surface area contributed by atoms with E-state index in [0.717, 1.165) is 12.8 Å². The van der Waals surface area contributed by atoms with Crippen LogP contribution in [0, 0.1) is 5.92 Å². The molecule has 0 bridgehead atoms. The first-order chi connectivity index (χ1) is 9.97. The minimum Gasteiger partial charge on any atom is -0.435 e. The number of benzene rings is 1. The summed E-state index contributed by atoms with van der Waals surface area (Å²) in [5.41, 5.74) is 5.95. The molecule has 1 unspecified atom stereocenters. The van der Waals surface area contributed by atoms with Gasteiger partial charge in [0, 0.05) is 24.6 Å². The highest BCUT2D eigenvalue weighted by Gasteiger charge is 2.26. The number of ether oxygens (including phenoxy) is 1. The predicted molar refractivity (Wildman–Crippen MR) is 78.5 cm³/mol. The van der Waals surface area contributed by atoms with Crippen LogP contribution in [0.2, 0.25) is 0 Å². The van der Waals surface area contributed by atoms with Crippen molar-refractivity contribution in [3.63, 3.8) is 0 Å². The van der Waals surface area contributed by atoms with Gasteiger partial charge in [-0.3, -0.25) is 4.79 Å². The van der Waals surface area contributed by atoms with Gasteiger partial charge >= 0.3 is 6.61 Å². The smallest absolute Gasteiger partial charge is 0.387 e. The fraction of sp³-hybridized carbons (Fsp3) is 0.429. The summed E-state index contributed by atoms with van der Waals surface area (Å²) in [6, 6.07) is 5.79. The van der Waals surface area contributed by atoms with Crippen molar-refractivity contribution < 1.29 is 18.3 Å². The summed E-state index contributed by atoms with van der Waals surface area (Å²) < 4.78 is 28.7. The van der Waals surface area contributed by atoms with Crippen molar-refractivity contribution in [3.05, 3.63) is 29.8 Å². The molecule has 2 rings (SSSR count). The van der Waals surface area contributed by atoms with Gasteiger partial charge in [0.05, 0.1) is 4.99 Å². The Balaban J connectivity index is 2.10. The topological polar surface area (TPSA) is 55.6 Å². The second-order valence-corrected chi connectivity index (χ2v) is 5.37.